The van der Waals surface area contributed by atoms with Gasteiger partial charge >= 0.3 is 5.97 Å². The molecule has 0 amide bonds. The molecule has 1 aliphatic heterocycles. The molecule has 0 unspecified atom stereocenters. The highest BCUT2D eigenvalue weighted by Gasteiger charge is 2.32. The number of carbonyl (C=O) groups excluding carboxylic acids is 1. The van der Waals surface area contributed by atoms with Gasteiger partial charge in [-0.1, -0.05) is 18.2 Å². The summed E-state index contributed by atoms with van der Waals surface area (Å²) in [6, 6.07) is 15.7. The van der Waals surface area contributed by atoms with Crippen LogP contribution in [0.15, 0.2) is 59.5 Å². The lowest BCUT2D eigenvalue weighted by molar-refractivity contribution is -0.150. The van der Waals surface area contributed by atoms with Gasteiger partial charge in [-0.2, -0.15) is 4.31 Å². The molecule has 0 N–H and O–H groups in total. The fourth-order valence-corrected chi connectivity index (χ4v) is 4.76. The summed E-state index contributed by atoms with van der Waals surface area (Å²) < 4.78 is 43.2. The molecule has 30 heavy (non-hydrogen) atoms. The number of nitrogens with zero attached hydrogens (tertiary/aromatic N) is 1. The summed E-state index contributed by atoms with van der Waals surface area (Å²) in [5, 5.41) is 0. The molecule has 7 nitrogen and oxygen atoms in total. The number of piperidine rings is 1. The van der Waals surface area contributed by atoms with Crippen molar-refractivity contribution in [2.24, 2.45) is 5.92 Å². The molecule has 0 radical (unpaired) electrons. The van der Waals surface area contributed by atoms with Gasteiger partial charge in [0.05, 0.1) is 17.4 Å². The maximum atomic E-state index is 12.8. The van der Waals surface area contributed by atoms with Crippen molar-refractivity contribution in [2.45, 2.75) is 24.7 Å². The zero-order valence-electron chi connectivity index (χ0n) is 17.0. The summed E-state index contributed by atoms with van der Waals surface area (Å²) >= 11 is 0. The van der Waals surface area contributed by atoms with Crippen LogP contribution in [0.4, 0.5) is 0 Å². The summed E-state index contributed by atoms with van der Waals surface area (Å²) in [7, 11) is -3.59. The number of sulfonamides is 1. The van der Waals surface area contributed by atoms with Gasteiger partial charge in [-0.25, -0.2) is 8.42 Å². The number of hydrogen-bond acceptors (Lipinski definition) is 6. The SMILES string of the molecule is CCOc1ccc(S(=O)(=O)N2CCC(C(=O)OCCOc3ccccc3)CC2)cc1. The molecule has 0 atom stereocenters. The molecule has 1 saturated heterocycles. The Kier molecular flexibility index (Phi) is 7.70. The van der Waals surface area contributed by atoms with Crippen LogP contribution in [0.2, 0.25) is 0 Å². The van der Waals surface area contributed by atoms with Crippen LogP contribution in [-0.4, -0.2) is 51.6 Å². The van der Waals surface area contributed by atoms with E-state index in [1.54, 1.807) is 24.3 Å². The number of carbonyl (C=O) groups is 1. The van der Waals surface area contributed by atoms with Crippen molar-refractivity contribution in [2.75, 3.05) is 32.9 Å². The molecule has 1 fully saturated rings. The second-order valence-corrected chi connectivity index (χ2v) is 8.85. The van der Waals surface area contributed by atoms with Crippen LogP contribution in [0, 0.1) is 5.92 Å². The Morgan fingerprint density at radius 3 is 2.20 bits per heavy atom. The second kappa shape index (κ2) is 10.4. The first-order valence-corrected chi connectivity index (χ1v) is 11.5. The van der Waals surface area contributed by atoms with Gasteiger partial charge in [0.15, 0.2) is 0 Å². The summed E-state index contributed by atoms with van der Waals surface area (Å²) in [5.41, 5.74) is 0. The summed E-state index contributed by atoms with van der Waals surface area (Å²) in [5.74, 6) is 0.758. The molecule has 8 heteroatoms. The van der Waals surface area contributed by atoms with Gasteiger partial charge in [-0.15, -0.1) is 0 Å². The molecule has 162 valence electrons. The second-order valence-electron chi connectivity index (χ2n) is 6.91. The maximum absolute atomic E-state index is 12.8. The van der Waals surface area contributed by atoms with Crippen molar-refractivity contribution >= 4 is 16.0 Å². The third-order valence-corrected chi connectivity index (χ3v) is 6.81. The molecule has 0 aliphatic carbocycles. The molecule has 1 heterocycles. The molecule has 0 aromatic heterocycles. The highest BCUT2D eigenvalue weighted by Crippen LogP contribution is 2.25. The fraction of sp³-hybridized carbons (Fsp3) is 0.409. The lowest BCUT2D eigenvalue weighted by Crippen LogP contribution is -2.40. The molecular formula is C22H27NO6S. The van der Waals surface area contributed by atoms with Crippen molar-refractivity contribution in [3.8, 4) is 11.5 Å². The quantitative estimate of drug-likeness (QED) is 0.446. The summed E-state index contributed by atoms with van der Waals surface area (Å²) in [4.78, 5) is 12.5. The molecule has 2 aromatic carbocycles. The Labute approximate surface area is 177 Å². The predicted octanol–water partition coefficient (Wildman–Crippen LogP) is 3.11. The lowest BCUT2D eigenvalue weighted by atomic mass is 9.98. The Hall–Kier alpha value is -2.58. The number of esters is 1. The van der Waals surface area contributed by atoms with E-state index in [0.717, 1.165) is 5.75 Å². The molecule has 0 spiro atoms. The van der Waals surface area contributed by atoms with E-state index in [-0.39, 0.29) is 43.1 Å². The van der Waals surface area contributed by atoms with E-state index in [1.807, 2.05) is 37.3 Å². The van der Waals surface area contributed by atoms with Gasteiger partial charge in [-0.3, -0.25) is 4.79 Å². The number of para-hydroxylation sites is 1. The van der Waals surface area contributed by atoms with Gasteiger partial charge in [-0.05, 0) is 56.2 Å². The van der Waals surface area contributed by atoms with Crippen molar-refractivity contribution in [3.63, 3.8) is 0 Å². The van der Waals surface area contributed by atoms with Gasteiger partial charge in [0, 0.05) is 13.1 Å². The lowest BCUT2D eigenvalue weighted by Gasteiger charge is -2.30. The zero-order chi connectivity index (χ0) is 21.4. The van der Waals surface area contributed by atoms with Crippen LogP contribution >= 0.6 is 0 Å². The topological polar surface area (TPSA) is 82.1 Å². The van der Waals surface area contributed by atoms with Crippen LogP contribution in [0.25, 0.3) is 0 Å². The van der Waals surface area contributed by atoms with Crippen LogP contribution in [0.3, 0.4) is 0 Å². The number of rotatable bonds is 9. The zero-order valence-corrected chi connectivity index (χ0v) is 17.8. The van der Waals surface area contributed by atoms with E-state index in [1.165, 1.54) is 4.31 Å². The minimum Gasteiger partial charge on any atom is -0.494 e. The Morgan fingerprint density at radius 1 is 0.933 bits per heavy atom. The Bertz CT molecular complexity index is 906. The van der Waals surface area contributed by atoms with Crippen LogP contribution in [0.5, 0.6) is 11.5 Å². The third-order valence-electron chi connectivity index (χ3n) is 4.90. The van der Waals surface area contributed by atoms with Crippen molar-refractivity contribution in [3.05, 3.63) is 54.6 Å². The standard InChI is InChI=1S/C22H27NO6S/c1-2-27-20-8-10-21(11-9-20)30(25,26)23-14-12-18(13-15-23)22(24)29-17-16-28-19-6-4-3-5-7-19/h3-11,18H,2,12-17H2,1H3. The smallest absolute Gasteiger partial charge is 0.309 e. The van der Waals surface area contributed by atoms with Gasteiger partial charge in [0.1, 0.15) is 24.7 Å². The van der Waals surface area contributed by atoms with Crippen molar-refractivity contribution in [1.29, 1.82) is 0 Å². The third kappa shape index (κ3) is 5.73. The largest absolute Gasteiger partial charge is 0.494 e. The highest BCUT2D eigenvalue weighted by molar-refractivity contribution is 7.89. The molecule has 3 rings (SSSR count). The normalized spacial score (nSPS) is 15.5. The van der Waals surface area contributed by atoms with Gasteiger partial charge in [0.2, 0.25) is 10.0 Å². The summed E-state index contributed by atoms with van der Waals surface area (Å²) in [6.07, 6.45) is 0.878. The van der Waals surface area contributed by atoms with E-state index in [4.69, 9.17) is 14.2 Å². The maximum Gasteiger partial charge on any atom is 0.309 e. The minimum atomic E-state index is -3.59. The molecule has 0 bridgehead atoms. The first-order chi connectivity index (χ1) is 14.5. The number of benzene rings is 2. The monoisotopic (exact) mass is 433 g/mol. The average molecular weight is 434 g/mol. The minimum absolute atomic E-state index is 0.165. The fourth-order valence-electron chi connectivity index (χ4n) is 3.29. The van der Waals surface area contributed by atoms with Crippen LogP contribution in [-0.2, 0) is 19.6 Å². The molecule has 1 aliphatic rings. The van der Waals surface area contributed by atoms with Crippen LogP contribution in [0.1, 0.15) is 19.8 Å². The molecule has 0 saturated carbocycles. The van der Waals surface area contributed by atoms with Gasteiger partial charge < -0.3 is 14.2 Å². The van der Waals surface area contributed by atoms with Crippen molar-refractivity contribution in [1.82, 2.24) is 4.31 Å². The molecular weight excluding hydrogens is 406 g/mol. The summed E-state index contributed by atoms with van der Waals surface area (Å²) in [6.45, 7) is 3.41. The molecule has 2 aromatic rings. The van der Waals surface area contributed by atoms with Gasteiger partial charge in [0.25, 0.3) is 0 Å². The first kappa shape index (κ1) is 22.1. The number of ether oxygens (including phenoxy) is 3. The number of hydrogen-bond donors (Lipinski definition) is 0. The first-order valence-electron chi connectivity index (χ1n) is 10.1. The van der Waals surface area contributed by atoms with E-state index in [2.05, 4.69) is 0 Å². The van der Waals surface area contributed by atoms with Crippen LogP contribution < -0.4 is 9.47 Å². The van der Waals surface area contributed by atoms with Crippen molar-refractivity contribution < 1.29 is 27.4 Å². The average Bonchev–Trinajstić information content (AvgIpc) is 2.78. The highest BCUT2D eigenvalue weighted by atomic mass is 32.2. The Balaban J connectivity index is 1.44. The van der Waals surface area contributed by atoms with E-state index in [9.17, 15) is 13.2 Å². The Morgan fingerprint density at radius 2 is 1.57 bits per heavy atom. The van der Waals surface area contributed by atoms with E-state index in [0.29, 0.717) is 25.2 Å². The van der Waals surface area contributed by atoms with E-state index < -0.39 is 10.0 Å². The van der Waals surface area contributed by atoms with E-state index >= 15 is 0 Å². The predicted molar refractivity (Wildman–Crippen MR) is 112 cm³/mol.